The van der Waals surface area contributed by atoms with Crippen LogP contribution in [-0.2, 0) is 6.54 Å². The van der Waals surface area contributed by atoms with E-state index in [-0.39, 0.29) is 22.8 Å². The molecule has 3 heterocycles. The average molecular weight is 293 g/mol. The van der Waals surface area contributed by atoms with Crippen LogP contribution in [0.3, 0.4) is 0 Å². The fourth-order valence-electron chi connectivity index (χ4n) is 3.05. The molecule has 0 bridgehead atoms. The summed E-state index contributed by atoms with van der Waals surface area (Å²) >= 11 is 0. The van der Waals surface area contributed by atoms with Crippen molar-refractivity contribution in [3.05, 3.63) is 32.6 Å². The third-order valence-corrected chi connectivity index (χ3v) is 4.42. The van der Waals surface area contributed by atoms with Crippen molar-refractivity contribution in [2.45, 2.75) is 19.0 Å². The van der Waals surface area contributed by atoms with Crippen LogP contribution in [0.2, 0.25) is 0 Å². The van der Waals surface area contributed by atoms with E-state index in [2.05, 4.69) is 15.2 Å². The number of hydrogen-bond acceptors (Lipinski definition) is 4. The smallest absolute Gasteiger partial charge is 0.328 e. The number of aromatic amines is 1. The highest BCUT2D eigenvalue weighted by atomic mass is 16.2. The van der Waals surface area contributed by atoms with E-state index in [1.54, 1.807) is 18.9 Å². The molecule has 2 aliphatic rings. The van der Waals surface area contributed by atoms with E-state index >= 15 is 0 Å². The fourth-order valence-corrected chi connectivity index (χ4v) is 3.05. The van der Waals surface area contributed by atoms with Gasteiger partial charge < -0.3 is 15.2 Å². The van der Waals surface area contributed by atoms with Gasteiger partial charge in [-0.1, -0.05) is 0 Å². The normalized spacial score (nSPS) is 20.7. The van der Waals surface area contributed by atoms with Crippen LogP contribution < -0.4 is 16.6 Å². The standard InChI is InChI=1S/C13H19N5O3/c1-9-5-10(19)18(12(21)15-9)4-3-17-7-13(8-17)6-14-11(20)16(13)2/h5H,3-4,6-8H2,1-2H3,(H,14,20)(H,15,21). The molecular weight excluding hydrogens is 274 g/mol. The summed E-state index contributed by atoms with van der Waals surface area (Å²) in [6, 6.07) is 1.38. The Morgan fingerprint density at radius 1 is 1.24 bits per heavy atom. The van der Waals surface area contributed by atoms with Crippen molar-refractivity contribution in [3.8, 4) is 0 Å². The van der Waals surface area contributed by atoms with E-state index in [0.29, 0.717) is 25.3 Å². The predicted molar refractivity (Wildman–Crippen MR) is 76.4 cm³/mol. The molecule has 2 amide bonds. The molecule has 0 atom stereocenters. The number of H-pyrrole nitrogens is 1. The van der Waals surface area contributed by atoms with Gasteiger partial charge in [0.25, 0.3) is 5.56 Å². The number of amides is 2. The van der Waals surface area contributed by atoms with Gasteiger partial charge in [0.05, 0.1) is 5.54 Å². The van der Waals surface area contributed by atoms with Crippen LogP contribution in [0, 0.1) is 6.92 Å². The molecular formula is C13H19N5O3. The van der Waals surface area contributed by atoms with Gasteiger partial charge in [0.2, 0.25) is 0 Å². The van der Waals surface area contributed by atoms with E-state index in [4.69, 9.17) is 0 Å². The van der Waals surface area contributed by atoms with Crippen molar-refractivity contribution in [1.82, 2.24) is 24.7 Å². The average Bonchev–Trinajstić information content (AvgIpc) is 2.65. The van der Waals surface area contributed by atoms with Crippen molar-refractivity contribution < 1.29 is 4.79 Å². The first kappa shape index (κ1) is 13.9. The predicted octanol–water partition coefficient (Wildman–Crippen LogP) is -1.45. The number of aryl methyl sites for hydroxylation is 1. The zero-order valence-electron chi connectivity index (χ0n) is 12.2. The van der Waals surface area contributed by atoms with Gasteiger partial charge in [-0.3, -0.25) is 14.3 Å². The number of hydrogen-bond donors (Lipinski definition) is 2. The minimum Gasteiger partial charge on any atom is -0.336 e. The number of rotatable bonds is 3. The molecule has 2 N–H and O–H groups in total. The van der Waals surface area contributed by atoms with Crippen LogP contribution in [0.25, 0.3) is 0 Å². The molecule has 0 unspecified atom stereocenters. The lowest BCUT2D eigenvalue weighted by Gasteiger charge is -2.50. The summed E-state index contributed by atoms with van der Waals surface area (Å²) in [6.45, 7) is 4.85. The topological polar surface area (TPSA) is 90.4 Å². The molecule has 1 aromatic heterocycles. The van der Waals surface area contributed by atoms with Crippen LogP contribution in [0.1, 0.15) is 5.69 Å². The second-order valence-electron chi connectivity index (χ2n) is 5.90. The van der Waals surface area contributed by atoms with E-state index in [1.807, 2.05) is 0 Å². The number of urea groups is 1. The van der Waals surface area contributed by atoms with Gasteiger partial charge in [0.1, 0.15) is 0 Å². The molecule has 2 fully saturated rings. The Morgan fingerprint density at radius 2 is 1.95 bits per heavy atom. The quantitative estimate of drug-likeness (QED) is 0.714. The Bertz CT molecular complexity index is 655. The van der Waals surface area contributed by atoms with Gasteiger partial charge in [0.15, 0.2) is 0 Å². The van der Waals surface area contributed by atoms with E-state index < -0.39 is 0 Å². The molecule has 1 aromatic rings. The zero-order chi connectivity index (χ0) is 15.2. The fraction of sp³-hybridized carbons (Fsp3) is 0.615. The monoisotopic (exact) mass is 293 g/mol. The van der Waals surface area contributed by atoms with Crippen molar-refractivity contribution in [2.24, 2.45) is 0 Å². The maximum atomic E-state index is 11.8. The molecule has 2 aliphatic heterocycles. The summed E-state index contributed by atoms with van der Waals surface area (Å²) in [6.07, 6.45) is 0. The summed E-state index contributed by atoms with van der Waals surface area (Å²) in [7, 11) is 1.80. The van der Waals surface area contributed by atoms with Gasteiger partial charge in [0, 0.05) is 51.5 Å². The first-order valence-electron chi connectivity index (χ1n) is 6.96. The molecule has 2 saturated heterocycles. The minimum absolute atomic E-state index is 0.0409. The van der Waals surface area contributed by atoms with Gasteiger partial charge in [-0.15, -0.1) is 0 Å². The van der Waals surface area contributed by atoms with E-state index in [0.717, 1.165) is 13.1 Å². The number of likely N-dealkylation sites (tertiary alicyclic amines) is 1. The Kier molecular flexibility index (Phi) is 3.12. The van der Waals surface area contributed by atoms with Crippen LogP contribution in [0.15, 0.2) is 15.7 Å². The number of likely N-dealkylation sites (N-methyl/N-ethyl adjacent to an activating group) is 1. The van der Waals surface area contributed by atoms with Crippen LogP contribution in [0.4, 0.5) is 4.79 Å². The molecule has 8 nitrogen and oxygen atoms in total. The number of nitrogens with zero attached hydrogens (tertiary/aromatic N) is 3. The highest BCUT2D eigenvalue weighted by molar-refractivity contribution is 5.78. The molecule has 0 aliphatic carbocycles. The van der Waals surface area contributed by atoms with Gasteiger partial charge in [-0.05, 0) is 6.92 Å². The Balaban J connectivity index is 1.61. The lowest BCUT2D eigenvalue weighted by atomic mass is 9.89. The summed E-state index contributed by atoms with van der Waals surface area (Å²) in [5.74, 6) is 0. The first-order valence-corrected chi connectivity index (χ1v) is 6.96. The summed E-state index contributed by atoms with van der Waals surface area (Å²) < 4.78 is 1.21. The highest BCUT2D eigenvalue weighted by Crippen LogP contribution is 2.29. The maximum absolute atomic E-state index is 11.8. The number of aromatic nitrogens is 2. The number of carbonyl (C=O) groups excluding carboxylic acids is 1. The molecule has 3 rings (SSSR count). The molecule has 21 heavy (non-hydrogen) atoms. The van der Waals surface area contributed by atoms with Crippen LogP contribution in [-0.4, -0.2) is 64.1 Å². The largest absolute Gasteiger partial charge is 0.336 e. The Hall–Kier alpha value is -2.09. The summed E-state index contributed by atoms with van der Waals surface area (Å²) in [5.41, 5.74) is -0.199. The molecule has 0 radical (unpaired) electrons. The van der Waals surface area contributed by atoms with Crippen molar-refractivity contribution >= 4 is 6.03 Å². The Labute approximate surface area is 121 Å². The van der Waals surface area contributed by atoms with Gasteiger partial charge >= 0.3 is 11.7 Å². The second kappa shape index (κ2) is 4.73. The molecule has 114 valence electrons. The third kappa shape index (κ3) is 2.25. The maximum Gasteiger partial charge on any atom is 0.328 e. The van der Waals surface area contributed by atoms with Gasteiger partial charge in [-0.2, -0.15) is 0 Å². The van der Waals surface area contributed by atoms with Crippen molar-refractivity contribution in [2.75, 3.05) is 33.2 Å². The highest BCUT2D eigenvalue weighted by Gasteiger charge is 2.51. The van der Waals surface area contributed by atoms with Crippen molar-refractivity contribution in [3.63, 3.8) is 0 Å². The van der Waals surface area contributed by atoms with Crippen LogP contribution in [0.5, 0.6) is 0 Å². The van der Waals surface area contributed by atoms with Crippen LogP contribution >= 0.6 is 0 Å². The summed E-state index contributed by atoms with van der Waals surface area (Å²) in [5, 5.41) is 2.83. The lowest BCUT2D eigenvalue weighted by Crippen LogP contribution is -2.69. The zero-order valence-corrected chi connectivity index (χ0v) is 12.2. The molecule has 1 spiro atoms. The third-order valence-electron chi connectivity index (χ3n) is 4.42. The summed E-state index contributed by atoms with van der Waals surface area (Å²) in [4.78, 5) is 41.5. The van der Waals surface area contributed by atoms with Gasteiger partial charge in [-0.25, -0.2) is 9.59 Å². The minimum atomic E-state index is -0.370. The van der Waals surface area contributed by atoms with E-state index in [9.17, 15) is 14.4 Å². The van der Waals surface area contributed by atoms with E-state index in [1.165, 1.54) is 10.6 Å². The molecule has 0 aromatic carbocycles. The first-order chi connectivity index (χ1) is 9.91. The van der Waals surface area contributed by atoms with Crippen molar-refractivity contribution in [1.29, 1.82) is 0 Å². The number of nitrogens with one attached hydrogen (secondary N) is 2. The molecule has 0 saturated carbocycles. The Morgan fingerprint density at radius 3 is 2.52 bits per heavy atom. The lowest BCUT2D eigenvalue weighted by molar-refractivity contribution is 0.00231. The number of carbonyl (C=O) groups is 1. The second-order valence-corrected chi connectivity index (χ2v) is 5.90. The SMILES string of the molecule is Cc1cc(=O)n(CCN2CC3(CNC(=O)N3C)C2)c(=O)[nH]1. The molecule has 8 heteroatoms.